The van der Waals surface area contributed by atoms with E-state index in [-0.39, 0.29) is 0 Å². The maximum atomic E-state index is 6.78. The van der Waals surface area contributed by atoms with Gasteiger partial charge in [-0.25, -0.2) is 0 Å². The maximum Gasteiger partial charge on any atom is 0.194 e. The summed E-state index contributed by atoms with van der Waals surface area (Å²) in [5, 5.41) is 4.68. The fraction of sp³-hybridized carbons (Fsp3) is 0. The van der Waals surface area contributed by atoms with Gasteiger partial charge in [0.2, 0.25) is 0 Å². The van der Waals surface area contributed by atoms with Crippen molar-refractivity contribution in [1.82, 2.24) is 0 Å². The van der Waals surface area contributed by atoms with Gasteiger partial charge in [-0.2, -0.15) is 0 Å². The number of anilines is 6. The number of ether oxygens (including phenoxy) is 2. The molecular weight excluding hydrogens is 588 g/mol. The molecule has 1 aliphatic rings. The Bertz CT molecular complexity index is 2410. The van der Waals surface area contributed by atoms with Crippen LogP contribution in [0.25, 0.3) is 21.5 Å². The van der Waals surface area contributed by atoms with Crippen molar-refractivity contribution in [1.29, 1.82) is 0 Å². The topological polar surface area (TPSA) is 24.9 Å². The van der Waals surface area contributed by atoms with Gasteiger partial charge in [-0.15, -0.1) is 0 Å². The van der Waals surface area contributed by atoms with Gasteiger partial charge >= 0.3 is 0 Å². The van der Waals surface area contributed by atoms with Gasteiger partial charge in [0.15, 0.2) is 23.0 Å². The fourth-order valence-corrected chi connectivity index (χ4v) is 6.69. The Balaban J connectivity index is 1.16. The van der Waals surface area contributed by atoms with Gasteiger partial charge in [0.1, 0.15) is 0 Å². The number of fused-ring (bicyclic) bond motifs is 4. The summed E-state index contributed by atoms with van der Waals surface area (Å²) in [6.45, 7) is 0. The predicted molar refractivity (Wildman–Crippen MR) is 197 cm³/mol. The maximum absolute atomic E-state index is 6.78. The summed E-state index contributed by atoms with van der Waals surface area (Å²) in [5.41, 5.74) is 6.10. The molecule has 0 bridgehead atoms. The van der Waals surface area contributed by atoms with Crippen molar-refractivity contribution in [3.8, 4) is 23.0 Å². The summed E-state index contributed by atoms with van der Waals surface area (Å²) in [4.78, 5) is 4.52. The highest BCUT2D eigenvalue weighted by atomic mass is 16.6. The third-order valence-corrected chi connectivity index (χ3v) is 8.86. The Morgan fingerprint density at radius 2 is 0.833 bits per heavy atom. The molecule has 8 aromatic carbocycles. The third-order valence-electron chi connectivity index (χ3n) is 8.86. The number of rotatable bonds is 6. The van der Waals surface area contributed by atoms with Crippen LogP contribution in [0.5, 0.6) is 23.0 Å². The molecular formula is C44H30N2O2. The molecule has 9 rings (SSSR count). The molecule has 0 saturated carbocycles. The molecule has 0 radical (unpaired) electrons. The van der Waals surface area contributed by atoms with Crippen molar-refractivity contribution < 1.29 is 9.47 Å². The summed E-state index contributed by atoms with van der Waals surface area (Å²) in [6.07, 6.45) is 0. The fourth-order valence-electron chi connectivity index (χ4n) is 6.69. The van der Waals surface area contributed by atoms with Crippen molar-refractivity contribution in [2.24, 2.45) is 0 Å². The van der Waals surface area contributed by atoms with E-state index < -0.39 is 0 Å². The molecule has 8 aromatic rings. The lowest BCUT2D eigenvalue weighted by molar-refractivity contribution is 0.360. The van der Waals surface area contributed by atoms with Gasteiger partial charge in [0.25, 0.3) is 0 Å². The van der Waals surface area contributed by atoms with E-state index in [0.717, 1.165) is 39.5 Å². The van der Waals surface area contributed by atoms with Crippen LogP contribution in [0.4, 0.5) is 34.1 Å². The van der Waals surface area contributed by atoms with Crippen molar-refractivity contribution >= 4 is 55.7 Å². The van der Waals surface area contributed by atoms with Gasteiger partial charge in [-0.1, -0.05) is 115 Å². The zero-order chi connectivity index (χ0) is 31.9. The van der Waals surface area contributed by atoms with Crippen LogP contribution in [0, 0.1) is 0 Å². The first-order valence-corrected chi connectivity index (χ1v) is 16.1. The van der Waals surface area contributed by atoms with E-state index in [2.05, 4.69) is 161 Å². The minimum Gasteiger partial charge on any atom is -0.449 e. The van der Waals surface area contributed by atoms with Crippen LogP contribution in [0.3, 0.4) is 0 Å². The average molecular weight is 619 g/mol. The van der Waals surface area contributed by atoms with Crippen LogP contribution in [0.15, 0.2) is 182 Å². The lowest BCUT2D eigenvalue weighted by Crippen LogP contribution is -2.13. The second-order valence-electron chi connectivity index (χ2n) is 11.8. The number of para-hydroxylation sites is 3. The molecule has 0 atom stereocenters. The van der Waals surface area contributed by atoms with Gasteiger partial charge in [0.05, 0.1) is 22.7 Å². The smallest absolute Gasteiger partial charge is 0.194 e. The third kappa shape index (κ3) is 4.79. The molecule has 0 aliphatic carbocycles. The number of benzene rings is 8. The summed E-state index contributed by atoms with van der Waals surface area (Å²) in [5.74, 6) is 2.66. The first kappa shape index (κ1) is 27.8. The highest BCUT2D eigenvalue weighted by Crippen LogP contribution is 2.54. The van der Waals surface area contributed by atoms with Gasteiger partial charge in [0, 0.05) is 28.2 Å². The lowest BCUT2D eigenvalue weighted by Gasteiger charge is -2.31. The van der Waals surface area contributed by atoms with Crippen LogP contribution in [-0.4, -0.2) is 0 Å². The molecule has 0 fully saturated rings. The average Bonchev–Trinajstić information content (AvgIpc) is 3.15. The van der Waals surface area contributed by atoms with Gasteiger partial charge in [-0.05, 0) is 71.4 Å². The second kappa shape index (κ2) is 11.7. The summed E-state index contributed by atoms with van der Waals surface area (Å²) < 4.78 is 13.5. The van der Waals surface area contributed by atoms with Crippen LogP contribution < -0.4 is 19.3 Å². The lowest BCUT2D eigenvalue weighted by atomic mass is 10.1. The second-order valence-corrected chi connectivity index (χ2v) is 11.8. The van der Waals surface area contributed by atoms with Gasteiger partial charge < -0.3 is 19.3 Å². The van der Waals surface area contributed by atoms with E-state index in [1.165, 1.54) is 16.2 Å². The molecule has 0 saturated heterocycles. The van der Waals surface area contributed by atoms with E-state index in [1.54, 1.807) is 0 Å². The van der Waals surface area contributed by atoms with E-state index in [4.69, 9.17) is 9.47 Å². The summed E-state index contributed by atoms with van der Waals surface area (Å²) >= 11 is 0. The van der Waals surface area contributed by atoms with Crippen molar-refractivity contribution in [3.63, 3.8) is 0 Å². The van der Waals surface area contributed by atoms with Crippen molar-refractivity contribution in [3.05, 3.63) is 182 Å². The predicted octanol–water partition coefficient (Wildman–Crippen LogP) is 12.8. The molecule has 4 nitrogen and oxygen atoms in total. The van der Waals surface area contributed by atoms with E-state index in [9.17, 15) is 0 Å². The first-order valence-electron chi connectivity index (χ1n) is 16.1. The number of hydrogen-bond donors (Lipinski definition) is 0. The zero-order valence-corrected chi connectivity index (χ0v) is 26.0. The quantitative estimate of drug-likeness (QED) is 0.185. The molecule has 1 aliphatic heterocycles. The van der Waals surface area contributed by atoms with E-state index >= 15 is 0 Å². The van der Waals surface area contributed by atoms with Crippen LogP contribution >= 0.6 is 0 Å². The molecule has 0 spiro atoms. The van der Waals surface area contributed by atoms with Crippen LogP contribution in [0.1, 0.15) is 0 Å². The molecule has 0 aromatic heterocycles. The largest absolute Gasteiger partial charge is 0.449 e. The Morgan fingerprint density at radius 1 is 0.312 bits per heavy atom. The molecule has 1 heterocycles. The van der Waals surface area contributed by atoms with E-state index in [1.807, 2.05) is 30.3 Å². The Morgan fingerprint density at radius 3 is 1.50 bits per heavy atom. The number of hydrogen-bond acceptors (Lipinski definition) is 4. The molecule has 0 unspecified atom stereocenters. The highest BCUT2D eigenvalue weighted by Gasteiger charge is 2.28. The van der Waals surface area contributed by atoms with Crippen LogP contribution in [-0.2, 0) is 0 Å². The Kier molecular flexibility index (Phi) is 6.76. The molecule has 48 heavy (non-hydrogen) atoms. The normalized spacial score (nSPS) is 11.7. The highest BCUT2D eigenvalue weighted by molar-refractivity contribution is 6.01. The standard InChI is InChI=1S/C44H30N2O2/c1-3-18-33(19-4-1)45(38-24-11-16-31-14-7-9-22-36(31)38)35-28-29-41-43(30-35)47-42-27-13-26-40(44(42)48-41)46(34-20-5-2-6-21-34)39-25-12-17-32-15-8-10-23-37(32)39/h1-30H. The summed E-state index contributed by atoms with van der Waals surface area (Å²) in [7, 11) is 0. The SMILES string of the molecule is c1ccc(N(c2ccc3c(c2)Oc2cccc(N(c4ccccc4)c4cccc5ccccc45)c2O3)c2cccc3ccccc23)cc1. The minimum atomic E-state index is 0.662. The van der Waals surface area contributed by atoms with E-state index in [0.29, 0.717) is 23.0 Å². The molecule has 0 N–H and O–H groups in total. The first-order chi connectivity index (χ1) is 23.8. The molecule has 4 heteroatoms. The summed E-state index contributed by atoms with van der Waals surface area (Å²) in [6, 6.07) is 62.9. The molecule has 0 amide bonds. The van der Waals surface area contributed by atoms with Crippen LogP contribution in [0.2, 0.25) is 0 Å². The Labute approximate surface area is 279 Å². The minimum absolute atomic E-state index is 0.662. The zero-order valence-electron chi connectivity index (χ0n) is 26.0. The van der Waals surface area contributed by atoms with Crippen molar-refractivity contribution in [2.45, 2.75) is 0 Å². The van der Waals surface area contributed by atoms with Gasteiger partial charge in [-0.3, -0.25) is 0 Å². The Hall–Kier alpha value is -6.52. The number of nitrogens with zero attached hydrogens (tertiary/aromatic N) is 2. The molecule has 228 valence electrons. The van der Waals surface area contributed by atoms with Crippen molar-refractivity contribution in [2.75, 3.05) is 9.80 Å². The monoisotopic (exact) mass is 618 g/mol.